The van der Waals surface area contributed by atoms with Gasteiger partial charge in [-0.15, -0.1) is 0 Å². The Morgan fingerprint density at radius 3 is 2.35 bits per heavy atom. The summed E-state index contributed by atoms with van der Waals surface area (Å²) in [5.74, 6) is 0.302. The highest BCUT2D eigenvalue weighted by Gasteiger charge is 2.20. The zero-order valence-corrected chi connectivity index (χ0v) is 13.0. The maximum atomic E-state index is 13.7. The van der Waals surface area contributed by atoms with Crippen molar-refractivity contribution in [3.63, 3.8) is 0 Å². The van der Waals surface area contributed by atoms with Crippen LogP contribution in [0.4, 0.5) is 8.78 Å². The maximum Gasteiger partial charge on any atom is 0.129 e. The van der Waals surface area contributed by atoms with Crippen LogP contribution in [0.5, 0.6) is 0 Å². The monoisotopic (exact) mass is 284 g/mol. The lowest BCUT2D eigenvalue weighted by Gasteiger charge is -2.25. The molecule has 0 N–H and O–H groups in total. The van der Waals surface area contributed by atoms with Crippen LogP contribution in [-0.2, 0) is 11.4 Å². The molecule has 1 rings (SSSR count). The van der Waals surface area contributed by atoms with E-state index in [1.807, 2.05) is 0 Å². The summed E-state index contributed by atoms with van der Waals surface area (Å²) < 4.78 is 32.3. The average Bonchev–Trinajstić information content (AvgIpc) is 2.46. The predicted molar refractivity (Wildman–Crippen MR) is 78.8 cm³/mol. The van der Waals surface area contributed by atoms with Crippen molar-refractivity contribution in [1.29, 1.82) is 0 Å². The molecule has 3 atom stereocenters. The van der Waals surface area contributed by atoms with Crippen molar-refractivity contribution in [1.82, 2.24) is 0 Å². The first-order valence-electron chi connectivity index (χ1n) is 7.49. The van der Waals surface area contributed by atoms with Gasteiger partial charge < -0.3 is 4.74 Å². The van der Waals surface area contributed by atoms with Crippen LogP contribution in [0, 0.1) is 17.7 Å². The molecule has 0 aliphatic heterocycles. The van der Waals surface area contributed by atoms with E-state index >= 15 is 0 Å². The summed E-state index contributed by atoms with van der Waals surface area (Å²) >= 11 is 0. The summed E-state index contributed by atoms with van der Waals surface area (Å²) in [6.45, 7) is 8.35. The normalized spacial score (nSPS) is 15.9. The van der Waals surface area contributed by atoms with Crippen LogP contribution in [0.25, 0.3) is 0 Å². The van der Waals surface area contributed by atoms with Gasteiger partial charge in [0.25, 0.3) is 0 Å². The molecule has 0 aliphatic carbocycles. The van der Waals surface area contributed by atoms with Gasteiger partial charge in [0.2, 0.25) is 0 Å². The molecule has 0 aromatic heterocycles. The van der Waals surface area contributed by atoms with Crippen LogP contribution < -0.4 is 0 Å². The fraction of sp³-hybridized carbons (Fsp3) is 0.647. The van der Waals surface area contributed by atoms with Gasteiger partial charge in [0.05, 0.1) is 6.10 Å². The van der Waals surface area contributed by atoms with E-state index in [1.54, 1.807) is 6.07 Å². The third kappa shape index (κ3) is 4.55. The van der Waals surface area contributed by atoms with Gasteiger partial charge in [0.1, 0.15) is 12.5 Å². The minimum Gasteiger partial charge on any atom is -0.373 e. The van der Waals surface area contributed by atoms with E-state index in [1.165, 1.54) is 12.1 Å². The van der Waals surface area contributed by atoms with Crippen LogP contribution in [0.3, 0.4) is 0 Å². The molecule has 114 valence electrons. The number of halogens is 2. The average molecular weight is 284 g/mol. The van der Waals surface area contributed by atoms with Gasteiger partial charge in [-0.1, -0.05) is 52.7 Å². The lowest BCUT2D eigenvalue weighted by atomic mass is 9.94. The first kappa shape index (κ1) is 17.1. The smallest absolute Gasteiger partial charge is 0.129 e. The Morgan fingerprint density at radius 1 is 1.15 bits per heavy atom. The van der Waals surface area contributed by atoms with Gasteiger partial charge in [0, 0.05) is 12.2 Å². The zero-order valence-electron chi connectivity index (χ0n) is 13.0. The molecule has 20 heavy (non-hydrogen) atoms. The van der Waals surface area contributed by atoms with Crippen molar-refractivity contribution >= 4 is 0 Å². The SMILES string of the molecule is CCC(C)COC(c1ccc(CF)c(F)c1)[C@H](C)CC. The van der Waals surface area contributed by atoms with E-state index in [0.717, 1.165) is 18.4 Å². The van der Waals surface area contributed by atoms with Crippen molar-refractivity contribution in [3.8, 4) is 0 Å². The Balaban J connectivity index is 2.89. The first-order valence-corrected chi connectivity index (χ1v) is 7.49. The fourth-order valence-corrected chi connectivity index (χ4v) is 2.04. The molecule has 0 saturated carbocycles. The minimum absolute atomic E-state index is 0.110. The molecule has 0 saturated heterocycles. The van der Waals surface area contributed by atoms with Crippen LogP contribution in [0.15, 0.2) is 18.2 Å². The molecule has 0 fully saturated rings. The summed E-state index contributed by atoms with van der Waals surface area (Å²) in [6, 6.07) is 4.72. The van der Waals surface area contributed by atoms with Crippen molar-refractivity contribution in [2.24, 2.45) is 11.8 Å². The van der Waals surface area contributed by atoms with Gasteiger partial charge in [-0.25, -0.2) is 8.78 Å². The van der Waals surface area contributed by atoms with Crippen molar-refractivity contribution in [3.05, 3.63) is 35.1 Å². The summed E-state index contributed by atoms with van der Waals surface area (Å²) in [6.07, 6.45) is 1.89. The summed E-state index contributed by atoms with van der Waals surface area (Å²) in [4.78, 5) is 0. The molecule has 0 bridgehead atoms. The maximum absolute atomic E-state index is 13.7. The van der Waals surface area contributed by atoms with Crippen molar-refractivity contribution in [2.75, 3.05) is 6.61 Å². The highest BCUT2D eigenvalue weighted by atomic mass is 19.1. The highest BCUT2D eigenvalue weighted by molar-refractivity contribution is 5.26. The fourth-order valence-electron chi connectivity index (χ4n) is 2.04. The summed E-state index contributed by atoms with van der Waals surface area (Å²) in [5, 5.41) is 0. The Kier molecular flexibility index (Phi) is 7.14. The van der Waals surface area contributed by atoms with E-state index < -0.39 is 12.5 Å². The van der Waals surface area contributed by atoms with Crippen LogP contribution in [-0.4, -0.2) is 6.61 Å². The lowest BCUT2D eigenvalue weighted by molar-refractivity contribution is -0.00307. The highest BCUT2D eigenvalue weighted by Crippen LogP contribution is 2.30. The number of hydrogen-bond acceptors (Lipinski definition) is 1. The van der Waals surface area contributed by atoms with Crippen LogP contribution in [0.2, 0.25) is 0 Å². The Morgan fingerprint density at radius 2 is 1.85 bits per heavy atom. The first-order chi connectivity index (χ1) is 9.53. The summed E-state index contributed by atoms with van der Waals surface area (Å²) in [7, 11) is 0. The standard InChI is InChI=1S/C17H26F2O/c1-5-12(3)11-20-17(13(4)6-2)14-7-8-15(10-18)16(19)9-14/h7-9,12-13,17H,5-6,10-11H2,1-4H3/t12?,13-,17?/m1/s1. The molecule has 0 spiro atoms. The molecular formula is C17H26F2O. The molecule has 0 amide bonds. The van der Waals surface area contributed by atoms with Crippen molar-refractivity contribution < 1.29 is 13.5 Å². The minimum atomic E-state index is -0.770. The van der Waals surface area contributed by atoms with Gasteiger partial charge in [0.15, 0.2) is 0 Å². The zero-order chi connectivity index (χ0) is 15.1. The summed E-state index contributed by atoms with van der Waals surface area (Å²) in [5.41, 5.74) is 0.913. The number of hydrogen-bond donors (Lipinski definition) is 0. The van der Waals surface area contributed by atoms with E-state index in [9.17, 15) is 8.78 Å². The van der Waals surface area contributed by atoms with Crippen LogP contribution in [0.1, 0.15) is 57.8 Å². The third-order valence-corrected chi connectivity index (χ3v) is 3.97. The second-order valence-electron chi connectivity index (χ2n) is 5.64. The molecular weight excluding hydrogens is 258 g/mol. The topological polar surface area (TPSA) is 9.23 Å². The quantitative estimate of drug-likeness (QED) is 0.617. The van der Waals surface area contributed by atoms with E-state index in [4.69, 9.17) is 4.74 Å². The third-order valence-electron chi connectivity index (χ3n) is 3.97. The molecule has 0 radical (unpaired) electrons. The molecule has 2 unspecified atom stereocenters. The van der Waals surface area contributed by atoms with Crippen molar-refractivity contribution in [2.45, 2.75) is 53.3 Å². The Hall–Kier alpha value is -0.960. The van der Waals surface area contributed by atoms with E-state index in [2.05, 4.69) is 27.7 Å². The van der Waals surface area contributed by atoms with Crippen LogP contribution >= 0.6 is 0 Å². The predicted octanol–water partition coefficient (Wildman–Crippen LogP) is 5.45. The van der Waals surface area contributed by atoms with Gasteiger partial charge in [-0.3, -0.25) is 0 Å². The molecule has 1 aromatic rings. The van der Waals surface area contributed by atoms with E-state index in [0.29, 0.717) is 18.4 Å². The second kappa shape index (κ2) is 8.35. The second-order valence-corrected chi connectivity index (χ2v) is 5.64. The van der Waals surface area contributed by atoms with Gasteiger partial charge >= 0.3 is 0 Å². The molecule has 3 heteroatoms. The number of benzene rings is 1. The Bertz CT molecular complexity index is 406. The van der Waals surface area contributed by atoms with Gasteiger partial charge in [-0.2, -0.15) is 0 Å². The number of ether oxygens (including phenoxy) is 1. The molecule has 1 nitrogen and oxygen atoms in total. The number of alkyl halides is 1. The number of rotatable bonds is 8. The molecule has 0 aliphatic rings. The van der Waals surface area contributed by atoms with E-state index in [-0.39, 0.29) is 11.7 Å². The molecule has 0 heterocycles. The van der Waals surface area contributed by atoms with Gasteiger partial charge in [-0.05, 0) is 23.5 Å². The lowest BCUT2D eigenvalue weighted by Crippen LogP contribution is -2.17. The largest absolute Gasteiger partial charge is 0.373 e. The molecule has 1 aromatic carbocycles. The Labute approximate surface area is 121 Å².